The summed E-state index contributed by atoms with van der Waals surface area (Å²) >= 11 is 0. The number of aryl methyl sites for hydroxylation is 1. The van der Waals surface area contributed by atoms with Crippen LogP contribution in [0.2, 0.25) is 0 Å². The highest BCUT2D eigenvalue weighted by molar-refractivity contribution is 5.19. The Kier molecular flexibility index (Phi) is 3.29. The van der Waals surface area contributed by atoms with Crippen molar-refractivity contribution in [1.29, 1.82) is 0 Å². The fourth-order valence-corrected chi connectivity index (χ4v) is 1.67. The van der Waals surface area contributed by atoms with Gasteiger partial charge in [-0.2, -0.15) is 0 Å². The number of halogens is 1. The molecular formula is C12H14FN3. The van der Waals surface area contributed by atoms with Crippen molar-refractivity contribution >= 4 is 0 Å². The van der Waals surface area contributed by atoms with Gasteiger partial charge in [0.05, 0.1) is 0 Å². The summed E-state index contributed by atoms with van der Waals surface area (Å²) in [6.45, 7) is 3.00. The minimum atomic E-state index is -0.209. The van der Waals surface area contributed by atoms with E-state index in [-0.39, 0.29) is 5.82 Å². The van der Waals surface area contributed by atoms with Gasteiger partial charge in [0, 0.05) is 13.0 Å². The van der Waals surface area contributed by atoms with Crippen LogP contribution < -0.4 is 0 Å². The lowest BCUT2D eigenvalue weighted by atomic mass is 10.1. The molecular weight excluding hydrogens is 205 g/mol. The van der Waals surface area contributed by atoms with E-state index in [9.17, 15) is 4.39 Å². The van der Waals surface area contributed by atoms with Gasteiger partial charge in [-0.1, -0.05) is 19.1 Å². The molecule has 0 aliphatic rings. The van der Waals surface area contributed by atoms with Crippen LogP contribution in [-0.2, 0) is 13.0 Å². The van der Waals surface area contributed by atoms with Crippen molar-refractivity contribution in [3.05, 3.63) is 47.8 Å². The lowest BCUT2D eigenvalue weighted by Crippen LogP contribution is -2.03. The number of aromatic nitrogens is 3. The van der Waals surface area contributed by atoms with E-state index in [0.29, 0.717) is 6.42 Å². The van der Waals surface area contributed by atoms with Crippen LogP contribution in [0.4, 0.5) is 4.39 Å². The molecule has 0 amide bonds. The lowest BCUT2D eigenvalue weighted by molar-refractivity contribution is 0.623. The van der Waals surface area contributed by atoms with Crippen LogP contribution in [0.15, 0.2) is 30.6 Å². The van der Waals surface area contributed by atoms with E-state index in [2.05, 4.69) is 17.1 Å². The zero-order valence-electron chi connectivity index (χ0n) is 9.23. The summed E-state index contributed by atoms with van der Waals surface area (Å²) < 4.78 is 15.0. The van der Waals surface area contributed by atoms with E-state index < -0.39 is 0 Å². The Morgan fingerprint density at radius 2 is 2.25 bits per heavy atom. The second-order valence-corrected chi connectivity index (χ2v) is 3.75. The van der Waals surface area contributed by atoms with Gasteiger partial charge in [0.1, 0.15) is 18.0 Å². The van der Waals surface area contributed by atoms with Crippen LogP contribution in [0.1, 0.15) is 24.7 Å². The Morgan fingerprint density at radius 3 is 3.00 bits per heavy atom. The summed E-state index contributed by atoms with van der Waals surface area (Å²) in [5.74, 6) is 0.673. The van der Waals surface area contributed by atoms with Crippen molar-refractivity contribution in [2.45, 2.75) is 26.3 Å². The normalized spacial score (nSPS) is 10.6. The minimum absolute atomic E-state index is 0.209. The van der Waals surface area contributed by atoms with Crippen molar-refractivity contribution in [2.75, 3.05) is 0 Å². The average molecular weight is 219 g/mol. The molecule has 0 fully saturated rings. The van der Waals surface area contributed by atoms with Crippen molar-refractivity contribution < 1.29 is 4.39 Å². The van der Waals surface area contributed by atoms with Gasteiger partial charge in [0.25, 0.3) is 0 Å². The zero-order valence-corrected chi connectivity index (χ0v) is 9.23. The number of nitrogens with zero attached hydrogens (tertiary/aromatic N) is 3. The van der Waals surface area contributed by atoms with E-state index in [0.717, 1.165) is 24.4 Å². The summed E-state index contributed by atoms with van der Waals surface area (Å²) in [5.41, 5.74) is 0.922. The molecule has 0 saturated carbocycles. The highest BCUT2D eigenvalue weighted by atomic mass is 19.1. The van der Waals surface area contributed by atoms with Crippen molar-refractivity contribution in [1.82, 2.24) is 14.8 Å². The lowest BCUT2D eigenvalue weighted by Gasteiger charge is -2.04. The van der Waals surface area contributed by atoms with Gasteiger partial charge in [0.15, 0.2) is 0 Å². The van der Waals surface area contributed by atoms with Crippen molar-refractivity contribution in [3.63, 3.8) is 0 Å². The molecule has 0 saturated heterocycles. The Labute approximate surface area is 93.9 Å². The van der Waals surface area contributed by atoms with E-state index >= 15 is 0 Å². The number of rotatable bonds is 4. The second kappa shape index (κ2) is 4.88. The first-order chi connectivity index (χ1) is 7.79. The molecule has 0 bridgehead atoms. The Hall–Kier alpha value is -1.71. The first-order valence-electron chi connectivity index (χ1n) is 5.40. The van der Waals surface area contributed by atoms with Gasteiger partial charge >= 0.3 is 0 Å². The summed E-state index contributed by atoms with van der Waals surface area (Å²) in [7, 11) is 0. The van der Waals surface area contributed by atoms with Gasteiger partial charge in [-0.15, -0.1) is 10.2 Å². The molecule has 2 rings (SSSR count). The molecule has 84 valence electrons. The second-order valence-electron chi connectivity index (χ2n) is 3.75. The predicted molar refractivity (Wildman–Crippen MR) is 59.5 cm³/mol. The summed E-state index contributed by atoms with van der Waals surface area (Å²) in [5, 5.41) is 7.93. The molecule has 1 heterocycles. The molecule has 16 heavy (non-hydrogen) atoms. The largest absolute Gasteiger partial charge is 0.317 e. The first kappa shape index (κ1) is 10.8. The van der Waals surface area contributed by atoms with Gasteiger partial charge in [-0.05, 0) is 24.1 Å². The van der Waals surface area contributed by atoms with Crippen molar-refractivity contribution in [3.8, 4) is 0 Å². The standard InChI is InChI=1S/C12H14FN3/c1-2-6-16-9-14-15-12(16)8-10-4-3-5-11(13)7-10/h3-5,7,9H,2,6,8H2,1H3. The monoisotopic (exact) mass is 219 g/mol. The van der Waals surface area contributed by atoms with E-state index in [1.54, 1.807) is 12.4 Å². The number of benzene rings is 1. The fraction of sp³-hybridized carbons (Fsp3) is 0.333. The molecule has 0 aliphatic carbocycles. The third-order valence-electron chi connectivity index (χ3n) is 2.41. The molecule has 0 unspecified atom stereocenters. The Bertz CT molecular complexity index is 465. The number of hydrogen-bond acceptors (Lipinski definition) is 2. The quantitative estimate of drug-likeness (QED) is 0.790. The van der Waals surface area contributed by atoms with Crippen molar-refractivity contribution in [2.24, 2.45) is 0 Å². The molecule has 3 nitrogen and oxygen atoms in total. The Balaban J connectivity index is 2.17. The fourth-order valence-electron chi connectivity index (χ4n) is 1.67. The smallest absolute Gasteiger partial charge is 0.137 e. The highest BCUT2D eigenvalue weighted by Gasteiger charge is 2.05. The summed E-state index contributed by atoms with van der Waals surface area (Å²) in [6.07, 6.45) is 3.38. The van der Waals surface area contributed by atoms with Crippen LogP contribution in [0.25, 0.3) is 0 Å². The SMILES string of the molecule is CCCn1cnnc1Cc1cccc(F)c1. The molecule has 4 heteroatoms. The van der Waals surface area contributed by atoms with Crippen LogP contribution in [-0.4, -0.2) is 14.8 Å². The van der Waals surface area contributed by atoms with E-state index in [4.69, 9.17) is 0 Å². The molecule has 0 atom stereocenters. The summed E-state index contributed by atoms with van der Waals surface area (Å²) in [4.78, 5) is 0. The zero-order chi connectivity index (χ0) is 11.4. The van der Waals surface area contributed by atoms with Gasteiger partial charge < -0.3 is 4.57 Å². The predicted octanol–water partition coefficient (Wildman–Crippen LogP) is 2.42. The van der Waals surface area contributed by atoms with Gasteiger partial charge in [-0.25, -0.2) is 4.39 Å². The minimum Gasteiger partial charge on any atom is -0.317 e. The third-order valence-corrected chi connectivity index (χ3v) is 2.41. The maximum absolute atomic E-state index is 13.0. The maximum Gasteiger partial charge on any atom is 0.137 e. The van der Waals surface area contributed by atoms with E-state index in [1.165, 1.54) is 12.1 Å². The molecule has 0 spiro atoms. The average Bonchev–Trinajstić information content (AvgIpc) is 2.66. The molecule has 1 aromatic heterocycles. The topological polar surface area (TPSA) is 30.7 Å². The van der Waals surface area contributed by atoms with Crippen LogP contribution in [0, 0.1) is 5.82 Å². The van der Waals surface area contributed by atoms with Gasteiger partial charge in [-0.3, -0.25) is 0 Å². The molecule has 2 aromatic rings. The maximum atomic E-state index is 13.0. The van der Waals surface area contributed by atoms with Gasteiger partial charge in [0.2, 0.25) is 0 Å². The van der Waals surface area contributed by atoms with E-state index in [1.807, 2.05) is 10.6 Å². The molecule has 0 aliphatic heterocycles. The van der Waals surface area contributed by atoms with Crippen LogP contribution >= 0.6 is 0 Å². The summed E-state index contributed by atoms with van der Waals surface area (Å²) in [6, 6.07) is 6.59. The molecule has 0 radical (unpaired) electrons. The highest BCUT2D eigenvalue weighted by Crippen LogP contribution is 2.09. The molecule has 0 N–H and O–H groups in total. The molecule has 1 aromatic carbocycles. The number of hydrogen-bond donors (Lipinski definition) is 0. The third kappa shape index (κ3) is 2.45. The van der Waals surface area contributed by atoms with Crippen LogP contribution in [0.5, 0.6) is 0 Å². The van der Waals surface area contributed by atoms with Crippen LogP contribution in [0.3, 0.4) is 0 Å². The Morgan fingerprint density at radius 1 is 1.38 bits per heavy atom. The first-order valence-corrected chi connectivity index (χ1v) is 5.40.